The van der Waals surface area contributed by atoms with Gasteiger partial charge in [0.15, 0.2) is 0 Å². The monoisotopic (exact) mass is 629 g/mol. The minimum absolute atomic E-state index is 0.0577. The molecule has 8 heteroatoms. The maximum absolute atomic E-state index is 12.7. The lowest BCUT2D eigenvalue weighted by atomic mass is 10.1. The molecule has 1 fully saturated rings. The molecule has 1 amide bonds. The Kier molecular flexibility index (Phi) is 7.15. The normalized spacial score (nSPS) is 16.2. The Morgan fingerprint density at radius 1 is 1.00 bits per heavy atom. The molecule has 0 aromatic heterocycles. The van der Waals surface area contributed by atoms with Gasteiger partial charge < -0.3 is 4.74 Å². The summed E-state index contributed by atoms with van der Waals surface area (Å²) in [7, 11) is 0. The molecule has 1 saturated heterocycles. The molecular weight excluding hydrogens is 617 g/mol. The van der Waals surface area contributed by atoms with Gasteiger partial charge in [0.1, 0.15) is 17.7 Å². The number of benzene rings is 3. The van der Waals surface area contributed by atoms with E-state index in [1.165, 1.54) is 0 Å². The lowest BCUT2D eigenvalue weighted by molar-refractivity contribution is -0.115. The van der Waals surface area contributed by atoms with Crippen LogP contribution in [0.5, 0.6) is 5.75 Å². The van der Waals surface area contributed by atoms with Gasteiger partial charge in [-0.1, -0.05) is 55.6 Å². The molecule has 0 saturated carbocycles. The first-order valence-corrected chi connectivity index (χ1v) is 12.8. The summed E-state index contributed by atoms with van der Waals surface area (Å²) >= 11 is 18.3. The second kappa shape index (κ2) is 9.65. The zero-order valence-corrected chi connectivity index (χ0v) is 21.8. The zero-order valence-electron chi connectivity index (χ0n) is 15.4. The van der Waals surface area contributed by atoms with Crippen LogP contribution in [0.4, 0.5) is 5.69 Å². The highest BCUT2D eigenvalue weighted by atomic mass is 79.9. The maximum Gasteiger partial charge on any atom is 0.238 e. The minimum atomic E-state index is -0.201. The molecule has 1 aliphatic heterocycles. The number of thioether (sulfide) groups is 1. The second-order valence-corrected chi connectivity index (χ2v) is 10.8. The molecule has 1 atom stereocenters. The summed E-state index contributed by atoms with van der Waals surface area (Å²) in [5.74, 6) is 1.19. The Hall–Kier alpha value is -0.990. The quantitative estimate of drug-likeness (QED) is 0.286. The number of amides is 1. The number of halogens is 4. The predicted octanol–water partition coefficient (Wildman–Crippen LogP) is 7.99. The summed E-state index contributed by atoms with van der Waals surface area (Å²) in [5, 5.41) is 0.436. The molecule has 0 unspecified atom stereocenters. The summed E-state index contributed by atoms with van der Waals surface area (Å²) in [6.45, 7) is 0.423. The minimum Gasteiger partial charge on any atom is -0.487 e. The number of hydrogen-bond donors (Lipinski definition) is 0. The number of nitrogens with zero attached hydrogens (tertiary/aromatic N) is 1. The molecule has 1 aliphatic rings. The largest absolute Gasteiger partial charge is 0.487 e. The van der Waals surface area contributed by atoms with E-state index in [9.17, 15) is 4.79 Å². The number of hydrogen-bond acceptors (Lipinski definition) is 3. The fourth-order valence-corrected chi connectivity index (χ4v) is 6.13. The van der Waals surface area contributed by atoms with Crippen LogP contribution in [0.3, 0.4) is 0 Å². The van der Waals surface area contributed by atoms with Crippen molar-refractivity contribution < 1.29 is 9.53 Å². The fraction of sp³-hybridized carbons (Fsp3) is 0.136. The van der Waals surface area contributed by atoms with E-state index in [0.29, 0.717) is 17.4 Å². The summed E-state index contributed by atoms with van der Waals surface area (Å²) < 4.78 is 9.02. The van der Waals surface area contributed by atoms with E-state index in [-0.39, 0.29) is 11.3 Å². The molecule has 0 aliphatic carbocycles. The molecule has 3 aromatic carbocycles. The fourth-order valence-electron chi connectivity index (χ4n) is 3.19. The van der Waals surface area contributed by atoms with Gasteiger partial charge >= 0.3 is 0 Å². The van der Waals surface area contributed by atoms with E-state index >= 15 is 0 Å². The Balaban J connectivity index is 1.69. The third kappa shape index (κ3) is 4.91. The van der Waals surface area contributed by atoms with Gasteiger partial charge in [-0.2, -0.15) is 0 Å². The van der Waals surface area contributed by atoms with Crippen molar-refractivity contribution >= 4 is 82.7 Å². The van der Waals surface area contributed by atoms with Crippen molar-refractivity contribution in [3.8, 4) is 5.75 Å². The standard InChI is InChI=1S/C22H15Br3ClNO2S/c23-14-3-1-13(2-4-14)11-29-21-18(9-15(24)10-19(21)25)22-27(20(28)12-30-22)17-7-5-16(26)6-8-17/h1-10,22H,11-12H2/t22-/m0/s1. The van der Waals surface area contributed by atoms with Crippen molar-refractivity contribution in [3.63, 3.8) is 0 Å². The number of anilines is 1. The molecule has 0 bridgehead atoms. The van der Waals surface area contributed by atoms with Gasteiger partial charge in [0.2, 0.25) is 5.91 Å². The smallest absolute Gasteiger partial charge is 0.238 e. The number of rotatable bonds is 5. The van der Waals surface area contributed by atoms with Crippen molar-refractivity contribution in [1.82, 2.24) is 0 Å². The Morgan fingerprint density at radius 3 is 2.40 bits per heavy atom. The van der Waals surface area contributed by atoms with Gasteiger partial charge in [0.05, 0.1) is 10.2 Å². The molecule has 4 rings (SSSR count). The van der Waals surface area contributed by atoms with E-state index in [0.717, 1.165) is 36.0 Å². The summed E-state index contributed by atoms with van der Waals surface area (Å²) in [4.78, 5) is 14.5. The van der Waals surface area contributed by atoms with Crippen LogP contribution in [0.2, 0.25) is 5.02 Å². The zero-order chi connectivity index (χ0) is 21.3. The van der Waals surface area contributed by atoms with Crippen molar-refractivity contribution in [2.45, 2.75) is 12.0 Å². The maximum atomic E-state index is 12.7. The molecule has 3 nitrogen and oxygen atoms in total. The summed E-state index contributed by atoms with van der Waals surface area (Å²) in [5.41, 5.74) is 2.80. The Labute approximate surface area is 209 Å². The molecule has 0 spiro atoms. The van der Waals surface area contributed by atoms with Gasteiger partial charge in [-0.3, -0.25) is 9.69 Å². The Bertz CT molecular complexity index is 1080. The summed E-state index contributed by atoms with van der Waals surface area (Å²) in [6, 6.07) is 19.3. The van der Waals surface area contributed by atoms with Gasteiger partial charge in [-0.25, -0.2) is 0 Å². The van der Waals surface area contributed by atoms with Gasteiger partial charge in [0.25, 0.3) is 0 Å². The second-order valence-electron chi connectivity index (χ2n) is 6.62. The highest BCUT2D eigenvalue weighted by molar-refractivity contribution is 9.11. The highest BCUT2D eigenvalue weighted by Gasteiger charge is 2.36. The molecule has 30 heavy (non-hydrogen) atoms. The van der Waals surface area contributed by atoms with Crippen LogP contribution in [0.1, 0.15) is 16.5 Å². The first-order chi connectivity index (χ1) is 14.4. The molecule has 3 aromatic rings. The number of carbonyl (C=O) groups is 1. The van der Waals surface area contributed by atoms with Crippen LogP contribution in [0.25, 0.3) is 0 Å². The predicted molar refractivity (Wildman–Crippen MR) is 134 cm³/mol. The van der Waals surface area contributed by atoms with Crippen LogP contribution in [0, 0.1) is 0 Å². The third-order valence-electron chi connectivity index (χ3n) is 4.57. The van der Waals surface area contributed by atoms with Crippen LogP contribution in [0.15, 0.2) is 74.1 Å². The van der Waals surface area contributed by atoms with E-state index in [4.69, 9.17) is 16.3 Å². The van der Waals surface area contributed by atoms with Gasteiger partial charge in [0, 0.05) is 25.2 Å². The lowest BCUT2D eigenvalue weighted by Crippen LogP contribution is -2.28. The van der Waals surface area contributed by atoms with Crippen LogP contribution in [-0.2, 0) is 11.4 Å². The van der Waals surface area contributed by atoms with E-state index in [1.54, 1.807) is 23.9 Å². The van der Waals surface area contributed by atoms with Gasteiger partial charge in [-0.05, 0) is 70.0 Å². The van der Waals surface area contributed by atoms with E-state index in [1.807, 2.05) is 53.4 Å². The average Bonchev–Trinajstić information content (AvgIpc) is 3.10. The van der Waals surface area contributed by atoms with Crippen LogP contribution < -0.4 is 9.64 Å². The van der Waals surface area contributed by atoms with Crippen LogP contribution in [-0.4, -0.2) is 11.7 Å². The average molecular weight is 633 g/mol. The first-order valence-electron chi connectivity index (χ1n) is 8.98. The van der Waals surface area contributed by atoms with Gasteiger partial charge in [-0.15, -0.1) is 11.8 Å². The van der Waals surface area contributed by atoms with Crippen LogP contribution >= 0.6 is 71.2 Å². The van der Waals surface area contributed by atoms with E-state index in [2.05, 4.69) is 47.8 Å². The molecule has 0 N–H and O–H groups in total. The third-order valence-corrected chi connectivity index (χ3v) is 7.59. The van der Waals surface area contributed by atoms with Crippen molar-refractivity contribution in [2.75, 3.05) is 10.7 Å². The topological polar surface area (TPSA) is 29.5 Å². The molecular formula is C22H15Br3ClNO2S. The SMILES string of the molecule is O=C1CS[C@@H](c2cc(Br)cc(Br)c2OCc2ccc(Br)cc2)N1c1ccc(Cl)cc1. The molecule has 154 valence electrons. The van der Waals surface area contributed by atoms with E-state index < -0.39 is 0 Å². The van der Waals surface area contributed by atoms with Crippen molar-refractivity contribution in [1.29, 1.82) is 0 Å². The highest BCUT2D eigenvalue weighted by Crippen LogP contribution is 2.48. The molecule has 0 radical (unpaired) electrons. The molecule has 1 heterocycles. The van der Waals surface area contributed by atoms with Crippen molar-refractivity contribution in [2.24, 2.45) is 0 Å². The van der Waals surface area contributed by atoms with Crippen molar-refractivity contribution in [3.05, 3.63) is 90.2 Å². The lowest BCUT2D eigenvalue weighted by Gasteiger charge is -2.27. The number of carbonyl (C=O) groups excluding carboxylic acids is 1. The first kappa shape index (κ1) is 22.2. The number of ether oxygens (including phenoxy) is 1. The summed E-state index contributed by atoms with van der Waals surface area (Å²) in [6.07, 6.45) is 0. The Morgan fingerprint density at radius 2 is 1.70 bits per heavy atom.